The van der Waals surface area contributed by atoms with E-state index < -0.39 is 29.6 Å². The zero-order valence-corrected chi connectivity index (χ0v) is 14.7. The smallest absolute Gasteiger partial charge is 0.373 e. The van der Waals surface area contributed by atoms with Crippen LogP contribution in [0, 0.1) is 0 Å². The molecule has 0 spiro atoms. The van der Waals surface area contributed by atoms with E-state index >= 15 is 0 Å². The maximum atomic E-state index is 12.9. The largest absolute Gasteiger partial charge is 0.417 e. The second kappa shape index (κ2) is 7.71. The predicted octanol–water partition coefficient (Wildman–Crippen LogP) is 6.13. The van der Waals surface area contributed by atoms with Gasteiger partial charge in [-0.05, 0) is 42.7 Å². The summed E-state index contributed by atoms with van der Waals surface area (Å²) in [5.41, 5.74) is -1.26. The highest BCUT2D eigenvalue weighted by molar-refractivity contribution is 8.00. The number of thioether (sulfide) groups is 1. The van der Waals surface area contributed by atoms with Crippen LogP contribution >= 0.6 is 11.8 Å². The first-order valence-electron chi connectivity index (χ1n) is 8.10. The van der Waals surface area contributed by atoms with Gasteiger partial charge in [0.15, 0.2) is 0 Å². The van der Waals surface area contributed by atoms with Crippen molar-refractivity contribution in [1.82, 2.24) is 4.98 Å². The summed E-state index contributed by atoms with van der Waals surface area (Å²) in [6, 6.07) is 6.04. The Morgan fingerprint density at radius 2 is 1.70 bits per heavy atom. The van der Waals surface area contributed by atoms with Gasteiger partial charge in [-0.1, -0.05) is 6.07 Å². The molecule has 1 fully saturated rings. The molecule has 1 aromatic heterocycles. The molecule has 27 heavy (non-hydrogen) atoms. The van der Waals surface area contributed by atoms with Crippen molar-refractivity contribution in [3.05, 3.63) is 59.4 Å². The maximum Gasteiger partial charge on any atom is 0.417 e. The minimum Gasteiger partial charge on any atom is -0.373 e. The van der Waals surface area contributed by atoms with Crippen LogP contribution in [-0.4, -0.2) is 16.8 Å². The zero-order chi connectivity index (χ0) is 19.7. The molecule has 0 amide bonds. The van der Waals surface area contributed by atoms with Gasteiger partial charge in [-0.25, -0.2) is 0 Å². The molecule has 9 heteroatoms. The first-order chi connectivity index (χ1) is 12.6. The van der Waals surface area contributed by atoms with Crippen LogP contribution in [-0.2, 0) is 17.1 Å². The molecule has 2 unspecified atom stereocenters. The Hall–Kier alpha value is -1.74. The van der Waals surface area contributed by atoms with E-state index in [0.717, 1.165) is 24.4 Å². The predicted molar refractivity (Wildman–Crippen MR) is 88.3 cm³/mol. The summed E-state index contributed by atoms with van der Waals surface area (Å²) in [5, 5.41) is -0.0678. The lowest BCUT2D eigenvalue weighted by molar-refractivity contribution is -0.138. The Morgan fingerprint density at radius 1 is 0.963 bits per heavy atom. The third-order valence-corrected chi connectivity index (χ3v) is 5.45. The van der Waals surface area contributed by atoms with Gasteiger partial charge in [-0.15, -0.1) is 11.8 Å². The number of aromatic nitrogens is 1. The van der Waals surface area contributed by atoms with E-state index in [-0.39, 0.29) is 5.25 Å². The second-order valence-electron chi connectivity index (χ2n) is 6.15. The second-order valence-corrected chi connectivity index (χ2v) is 7.53. The summed E-state index contributed by atoms with van der Waals surface area (Å²) in [6.45, 7) is 0.317. The SMILES string of the molecule is FC(F)(F)c1cccc(SC2CCOC(c3cncc(C(F)(F)F)c3)C2)c1. The lowest BCUT2D eigenvalue weighted by Crippen LogP contribution is -2.22. The van der Waals surface area contributed by atoms with Crippen molar-refractivity contribution in [2.75, 3.05) is 6.61 Å². The molecule has 146 valence electrons. The quantitative estimate of drug-likeness (QED) is 0.572. The monoisotopic (exact) mass is 407 g/mol. The van der Waals surface area contributed by atoms with Gasteiger partial charge >= 0.3 is 12.4 Å². The van der Waals surface area contributed by atoms with Crippen LogP contribution in [0.1, 0.15) is 35.6 Å². The molecule has 0 N–H and O–H groups in total. The van der Waals surface area contributed by atoms with Gasteiger partial charge in [0.2, 0.25) is 0 Å². The van der Waals surface area contributed by atoms with E-state index in [2.05, 4.69) is 4.98 Å². The van der Waals surface area contributed by atoms with Gasteiger partial charge < -0.3 is 4.74 Å². The molecule has 1 aliphatic rings. The number of nitrogens with zero attached hydrogens (tertiary/aromatic N) is 1. The molecule has 2 nitrogen and oxygen atoms in total. The molecule has 2 aromatic rings. The Morgan fingerprint density at radius 3 is 2.41 bits per heavy atom. The van der Waals surface area contributed by atoms with Crippen molar-refractivity contribution in [3.63, 3.8) is 0 Å². The van der Waals surface area contributed by atoms with Crippen LogP contribution in [0.5, 0.6) is 0 Å². The fraction of sp³-hybridized carbons (Fsp3) is 0.389. The summed E-state index contributed by atoms with van der Waals surface area (Å²) in [7, 11) is 0. The van der Waals surface area contributed by atoms with Crippen molar-refractivity contribution in [2.45, 2.75) is 41.4 Å². The van der Waals surface area contributed by atoms with Crippen LogP contribution in [0.4, 0.5) is 26.3 Å². The number of ether oxygens (including phenoxy) is 1. The van der Waals surface area contributed by atoms with E-state index in [9.17, 15) is 26.3 Å². The molecule has 0 saturated carbocycles. The first-order valence-corrected chi connectivity index (χ1v) is 8.98. The lowest BCUT2D eigenvalue weighted by Gasteiger charge is -2.29. The van der Waals surface area contributed by atoms with E-state index in [1.54, 1.807) is 6.07 Å². The van der Waals surface area contributed by atoms with Gasteiger partial charge in [0.05, 0.1) is 17.2 Å². The number of benzene rings is 1. The van der Waals surface area contributed by atoms with E-state index in [4.69, 9.17) is 4.74 Å². The lowest BCUT2D eigenvalue weighted by atomic mass is 10.0. The Bertz CT molecular complexity index is 792. The molecule has 1 saturated heterocycles. The molecule has 2 atom stereocenters. The summed E-state index contributed by atoms with van der Waals surface area (Å²) >= 11 is 1.28. The van der Waals surface area contributed by atoms with Crippen LogP contribution in [0.15, 0.2) is 47.6 Å². The number of halogens is 6. The average molecular weight is 407 g/mol. The Kier molecular flexibility index (Phi) is 5.71. The molecule has 1 aliphatic heterocycles. The minimum absolute atomic E-state index is 0.0678. The fourth-order valence-corrected chi connectivity index (χ4v) is 4.05. The van der Waals surface area contributed by atoms with Crippen LogP contribution in [0.25, 0.3) is 0 Å². The van der Waals surface area contributed by atoms with E-state index in [0.29, 0.717) is 29.9 Å². The number of hydrogen-bond donors (Lipinski definition) is 0. The molecule has 0 bridgehead atoms. The van der Waals surface area contributed by atoms with Gasteiger partial charge in [0, 0.05) is 29.1 Å². The van der Waals surface area contributed by atoms with Gasteiger partial charge in [0.1, 0.15) is 0 Å². The first kappa shape index (κ1) is 20.0. The summed E-state index contributed by atoms with van der Waals surface area (Å²) in [4.78, 5) is 4.11. The Balaban J connectivity index is 1.72. The number of hydrogen-bond acceptors (Lipinski definition) is 3. The number of alkyl halides is 6. The molecule has 3 rings (SSSR count). The third kappa shape index (κ3) is 5.16. The highest BCUT2D eigenvalue weighted by atomic mass is 32.2. The zero-order valence-electron chi connectivity index (χ0n) is 13.8. The molecule has 0 aliphatic carbocycles. The Labute approximate surface area is 155 Å². The average Bonchev–Trinajstić information content (AvgIpc) is 2.61. The summed E-state index contributed by atoms with van der Waals surface area (Å²) < 4.78 is 82.7. The van der Waals surface area contributed by atoms with Gasteiger partial charge in [0.25, 0.3) is 0 Å². The standard InChI is InChI=1S/C18H15F6NOS/c19-17(20,21)12-2-1-3-14(7-12)27-15-4-5-26-16(8-15)11-6-13(10-25-9-11)18(22,23)24/h1-3,6-7,9-10,15-16H,4-5,8H2. The molecule has 0 radical (unpaired) electrons. The van der Waals surface area contributed by atoms with Crippen molar-refractivity contribution in [2.24, 2.45) is 0 Å². The molecular weight excluding hydrogens is 392 g/mol. The molecule has 1 aromatic carbocycles. The highest BCUT2D eigenvalue weighted by Crippen LogP contribution is 2.40. The van der Waals surface area contributed by atoms with Crippen molar-refractivity contribution >= 4 is 11.8 Å². The van der Waals surface area contributed by atoms with Crippen LogP contribution in [0.2, 0.25) is 0 Å². The van der Waals surface area contributed by atoms with Crippen LogP contribution < -0.4 is 0 Å². The van der Waals surface area contributed by atoms with E-state index in [1.165, 1.54) is 24.0 Å². The minimum atomic E-state index is -4.50. The maximum absolute atomic E-state index is 12.9. The molecular formula is C18H15F6NOS. The van der Waals surface area contributed by atoms with Gasteiger partial charge in [-0.2, -0.15) is 26.3 Å². The fourth-order valence-electron chi connectivity index (χ4n) is 2.83. The molecule has 2 heterocycles. The number of rotatable bonds is 3. The number of pyridine rings is 1. The topological polar surface area (TPSA) is 22.1 Å². The highest BCUT2D eigenvalue weighted by Gasteiger charge is 2.33. The van der Waals surface area contributed by atoms with E-state index in [1.807, 2.05) is 0 Å². The normalized spacial score (nSPS) is 21.3. The summed E-state index contributed by atoms with van der Waals surface area (Å²) in [5.74, 6) is 0. The van der Waals surface area contributed by atoms with Gasteiger partial charge in [-0.3, -0.25) is 4.98 Å². The van der Waals surface area contributed by atoms with Crippen molar-refractivity contribution in [3.8, 4) is 0 Å². The van der Waals surface area contributed by atoms with Crippen molar-refractivity contribution < 1.29 is 31.1 Å². The van der Waals surface area contributed by atoms with Crippen molar-refractivity contribution in [1.29, 1.82) is 0 Å². The van der Waals surface area contributed by atoms with Crippen LogP contribution in [0.3, 0.4) is 0 Å². The summed E-state index contributed by atoms with van der Waals surface area (Å²) in [6.07, 6.45) is -6.41. The third-order valence-electron chi connectivity index (χ3n) is 4.16.